The fourth-order valence-electron chi connectivity index (χ4n) is 4.23. The summed E-state index contributed by atoms with van der Waals surface area (Å²) in [6.07, 6.45) is 4.18. The van der Waals surface area contributed by atoms with Gasteiger partial charge in [0.2, 0.25) is 0 Å². The lowest BCUT2D eigenvalue weighted by Crippen LogP contribution is -2.36. The third-order valence-electron chi connectivity index (χ3n) is 6.77. The number of hydrogen-bond donors (Lipinski definition) is 2. The van der Waals surface area contributed by atoms with Crippen LogP contribution < -0.4 is 24.8 Å². The zero-order valence-electron chi connectivity index (χ0n) is 23.4. The van der Waals surface area contributed by atoms with Crippen molar-refractivity contribution in [3.8, 4) is 23.0 Å². The molecule has 2 N–H and O–H groups in total. The van der Waals surface area contributed by atoms with Gasteiger partial charge < -0.3 is 24.8 Å². The molecule has 0 radical (unpaired) electrons. The van der Waals surface area contributed by atoms with Gasteiger partial charge in [-0.2, -0.15) is 0 Å². The van der Waals surface area contributed by atoms with Gasteiger partial charge in [0, 0.05) is 35.9 Å². The lowest BCUT2D eigenvalue weighted by Gasteiger charge is -2.17. The molecule has 0 bridgehead atoms. The van der Waals surface area contributed by atoms with E-state index in [-0.39, 0.29) is 11.4 Å². The maximum absolute atomic E-state index is 15.0. The van der Waals surface area contributed by atoms with E-state index in [9.17, 15) is 14.0 Å². The van der Waals surface area contributed by atoms with Gasteiger partial charge >= 0.3 is 11.8 Å². The van der Waals surface area contributed by atoms with Crippen molar-refractivity contribution < 1.29 is 28.2 Å². The molecule has 0 saturated carbocycles. The third-order valence-corrected chi connectivity index (χ3v) is 6.77. The van der Waals surface area contributed by atoms with Gasteiger partial charge in [0.1, 0.15) is 5.75 Å². The van der Waals surface area contributed by atoms with Gasteiger partial charge in [-0.15, -0.1) is 0 Å². The van der Waals surface area contributed by atoms with Crippen LogP contribution in [0.15, 0.2) is 72.9 Å². The van der Waals surface area contributed by atoms with Crippen LogP contribution in [0, 0.1) is 11.7 Å². The van der Waals surface area contributed by atoms with Crippen LogP contribution in [0.25, 0.3) is 10.9 Å². The monoisotopic (exact) mass is 559 g/mol. The number of amides is 2. The first kappa shape index (κ1) is 29.3. The first-order valence-corrected chi connectivity index (χ1v) is 13.6. The summed E-state index contributed by atoms with van der Waals surface area (Å²) in [6, 6.07) is 18.7. The normalized spacial score (nSPS) is 10.9. The summed E-state index contributed by atoms with van der Waals surface area (Å²) < 4.78 is 32.5. The Labute approximate surface area is 238 Å². The molecule has 0 aliphatic heterocycles. The van der Waals surface area contributed by atoms with E-state index in [1.807, 2.05) is 30.3 Å². The van der Waals surface area contributed by atoms with Crippen LogP contribution in [0.5, 0.6) is 23.0 Å². The van der Waals surface area contributed by atoms with Crippen LogP contribution >= 0.6 is 0 Å². The van der Waals surface area contributed by atoms with Crippen molar-refractivity contribution in [1.29, 1.82) is 0 Å². The lowest BCUT2D eigenvalue weighted by molar-refractivity contribution is -0.136. The van der Waals surface area contributed by atoms with Crippen LogP contribution in [-0.4, -0.2) is 37.1 Å². The molecule has 0 atom stereocenters. The highest BCUT2D eigenvalue weighted by Crippen LogP contribution is 2.38. The average Bonchev–Trinajstić information content (AvgIpc) is 2.99. The van der Waals surface area contributed by atoms with E-state index in [0.29, 0.717) is 53.6 Å². The minimum Gasteiger partial charge on any atom is -0.493 e. The van der Waals surface area contributed by atoms with Crippen molar-refractivity contribution in [3.63, 3.8) is 0 Å². The molecular formula is C32H34FN3O5. The summed E-state index contributed by atoms with van der Waals surface area (Å²) in [7, 11) is 1.55. The number of carbonyl (C=O) groups excluding carboxylic acids is 2. The number of rotatable bonds is 12. The second-order valence-electron chi connectivity index (χ2n) is 9.52. The molecule has 9 heteroatoms. The van der Waals surface area contributed by atoms with Crippen LogP contribution in [-0.2, 0) is 16.0 Å². The van der Waals surface area contributed by atoms with Gasteiger partial charge in [-0.05, 0) is 42.2 Å². The van der Waals surface area contributed by atoms with Gasteiger partial charge in [-0.3, -0.25) is 14.6 Å². The van der Waals surface area contributed by atoms with Crippen LogP contribution in [0.4, 0.5) is 10.1 Å². The molecule has 1 heterocycles. The molecule has 4 aromatic rings. The predicted molar refractivity (Wildman–Crippen MR) is 156 cm³/mol. The molecule has 8 nitrogen and oxygen atoms in total. The molecule has 3 aromatic carbocycles. The Hall–Kier alpha value is -4.66. The number of anilines is 1. The minimum atomic E-state index is -0.888. The summed E-state index contributed by atoms with van der Waals surface area (Å²) in [5.41, 5.74) is 1.76. The third kappa shape index (κ3) is 7.72. The number of fused-ring (bicyclic) bond motifs is 1. The topological polar surface area (TPSA) is 98.8 Å². The molecule has 41 heavy (non-hydrogen) atoms. The van der Waals surface area contributed by atoms with E-state index < -0.39 is 17.6 Å². The molecule has 0 saturated heterocycles. The van der Waals surface area contributed by atoms with Crippen molar-refractivity contribution in [2.24, 2.45) is 5.92 Å². The molecule has 0 aliphatic carbocycles. The number of carbonyl (C=O) groups is 2. The van der Waals surface area contributed by atoms with Crippen molar-refractivity contribution in [2.45, 2.75) is 33.1 Å². The number of benzene rings is 3. The smallest absolute Gasteiger partial charge is 0.313 e. The van der Waals surface area contributed by atoms with Crippen LogP contribution in [0.1, 0.15) is 32.3 Å². The summed E-state index contributed by atoms with van der Waals surface area (Å²) >= 11 is 0. The van der Waals surface area contributed by atoms with E-state index >= 15 is 0 Å². The van der Waals surface area contributed by atoms with Gasteiger partial charge in [0.15, 0.2) is 23.1 Å². The number of nitrogens with one attached hydrogen (secondary N) is 2. The molecule has 1 aromatic heterocycles. The predicted octanol–water partition coefficient (Wildman–Crippen LogP) is 6.29. The first-order valence-electron chi connectivity index (χ1n) is 13.6. The Morgan fingerprint density at radius 1 is 0.902 bits per heavy atom. The van der Waals surface area contributed by atoms with Crippen LogP contribution in [0.2, 0.25) is 0 Å². The Balaban J connectivity index is 1.42. The second kappa shape index (κ2) is 14.1. The zero-order chi connectivity index (χ0) is 29.2. The number of methoxy groups -OCH3 is 1. The Kier molecular flexibility index (Phi) is 10.1. The van der Waals surface area contributed by atoms with Crippen molar-refractivity contribution >= 4 is 28.4 Å². The Morgan fingerprint density at radius 2 is 1.68 bits per heavy atom. The Bertz CT molecular complexity index is 1490. The molecule has 0 fully saturated rings. The highest BCUT2D eigenvalue weighted by atomic mass is 19.1. The number of nitrogens with zero attached hydrogens (tertiary/aromatic N) is 1. The van der Waals surface area contributed by atoms with Gasteiger partial charge in [0.25, 0.3) is 0 Å². The number of aromatic nitrogens is 1. The maximum atomic E-state index is 15.0. The van der Waals surface area contributed by atoms with E-state index in [2.05, 4.69) is 29.5 Å². The first-order chi connectivity index (χ1) is 19.9. The van der Waals surface area contributed by atoms with E-state index in [0.717, 1.165) is 24.5 Å². The highest BCUT2D eigenvalue weighted by molar-refractivity contribution is 6.39. The fourth-order valence-corrected chi connectivity index (χ4v) is 4.23. The van der Waals surface area contributed by atoms with Crippen LogP contribution in [0.3, 0.4) is 0 Å². The largest absolute Gasteiger partial charge is 0.493 e. The fraction of sp³-hybridized carbons (Fsp3) is 0.281. The van der Waals surface area contributed by atoms with Crippen molar-refractivity contribution in [1.82, 2.24) is 10.3 Å². The molecule has 0 aliphatic rings. The van der Waals surface area contributed by atoms with E-state index in [1.165, 1.54) is 12.1 Å². The number of ether oxygens (including phenoxy) is 3. The Morgan fingerprint density at radius 3 is 2.39 bits per heavy atom. The van der Waals surface area contributed by atoms with Gasteiger partial charge in [0.05, 0.1) is 19.2 Å². The standard InChI is InChI=1S/C32H34FN3O5/c1-4-21(5-2)20-40-30-19-26-24(18-29(30)39-3)27(14-16-34-26)41-28-12-11-23(17-25(28)33)36-32(38)31(37)35-15-13-22-9-7-6-8-10-22/h6-12,14,16-19,21H,4-5,13,15,20H2,1-3H3,(H,35,37)(H,36,38). The van der Waals surface area contributed by atoms with Gasteiger partial charge in [-0.25, -0.2) is 4.39 Å². The molecule has 4 rings (SSSR count). The summed E-state index contributed by atoms with van der Waals surface area (Å²) in [6.45, 7) is 5.12. The molecule has 2 amide bonds. The van der Waals surface area contributed by atoms with E-state index in [4.69, 9.17) is 14.2 Å². The SMILES string of the molecule is CCC(CC)COc1cc2nccc(Oc3ccc(NC(=O)C(=O)NCCc4ccccc4)cc3F)c2cc1OC. The minimum absolute atomic E-state index is 0.0594. The lowest BCUT2D eigenvalue weighted by atomic mass is 10.1. The quantitative estimate of drug-likeness (QED) is 0.198. The number of pyridine rings is 1. The molecule has 0 unspecified atom stereocenters. The summed E-state index contributed by atoms with van der Waals surface area (Å²) in [4.78, 5) is 28.9. The summed E-state index contributed by atoms with van der Waals surface area (Å²) in [5.74, 6) is -0.571. The van der Waals surface area contributed by atoms with E-state index in [1.54, 1.807) is 31.5 Å². The van der Waals surface area contributed by atoms with Crippen molar-refractivity contribution in [3.05, 3.63) is 84.3 Å². The highest BCUT2D eigenvalue weighted by Gasteiger charge is 2.17. The zero-order valence-corrected chi connectivity index (χ0v) is 23.4. The van der Waals surface area contributed by atoms with Crippen molar-refractivity contribution in [2.75, 3.05) is 25.6 Å². The van der Waals surface area contributed by atoms with Gasteiger partial charge in [-0.1, -0.05) is 57.0 Å². The number of hydrogen-bond acceptors (Lipinski definition) is 6. The molecule has 214 valence electrons. The molecule has 0 spiro atoms. The second-order valence-corrected chi connectivity index (χ2v) is 9.52. The summed E-state index contributed by atoms with van der Waals surface area (Å²) in [5, 5.41) is 5.59. The number of halogens is 1. The molecular weight excluding hydrogens is 525 g/mol. The maximum Gasteiger partial charge on any atom is 0.313 e. The average molecular weight is 560 g/mol.